The fraction of sp³-hybridized carbons (Fsp3) is 0.526. The van der Waals surface area contributed by atoms with Crippen LogP contribution in [-0.4, -0.2) is 18.0 Å². The van der Waals surface area contributed by atoms with Crippen LogP contribution in [0.2, 0.25) is 0 Å². The van der Waals surface area contributed by atoms with Gasteiger partial charge in [-0.15, -0.1) is 0 Å². The first kappa shape index (κ1) is 14.0. The molecule has 116 valence electrons. The van der Waals surface area contributed by atoms with Crippen LogP contribution >= 0.6 is 0 Å². The van der Waals surface area contributed by atoms with Crippen LogP contribution in [0.1, 0.15) is 42.9 Å². The zero-order chi connectivity index (χ0) is 15.1. The van der Waals surface area contributed by atoms with E-state index in [0.29, 0.717) is 0 Å². The van der Waals surface area contributed by atoms with Crippen molar-refractivity contribution < 1.29 is 4.42 Å². The second kappa shape index (κ2) is 5.54. The van der Waals surface area contributed by atoms with Gasteiger partial charge in [0, 0.05) is 24.5 Å². The van der Waals surface area contributed by atoms with Gasteiger partial charge in [0.05, 0.1) is 0 Å². The van der Waals surface area contributed by atoms with Crippen molar-refractivity contribution in [2.75, 3.05) is 13.1 Å². The Hall–Kier alpha value is -1.61. The number of fused-ring (bicyclic) bond motifs is 2. The molecule has 4 rings (SSSR count). The molecule has 1 aromatic heterocycles. The molecule has 1 saturated heterocycles. The lowest BCUT2D eigenvalue weighted by atomic mass is 9.98. The monoisotopic (exact) mass is 297 g/mol. The van der Waals surface area contributed by atoms with Crippen LogP contribution in [0.15, 0.2) is 27.4 Å². The fourth-order valence-electron chi connectivity index (χ4n) is 4.10. The number of hydrogen-bond donors (Lipinski definition) is 0. The molecule has 2 aliphatic rings. The highest BCUT2D eigenvalue weighted by molar-refractivity contribution is 5.82. The summed E-state index contributed by atoms with van der Waals surface area (Å²) in [6.07, 6.45) is 6.07. The van der Waals surface area contributed by atoms with Gasteiger partial charge in [0.15, 0.2) is 0 Å². The first-order valence-corrected chi connectivity index (χ1v) is 8.50. The molecule has 1 unspecified atom stereocenters. The number of aryl methyl sites for hydroxylation is 2. The van der Waals surface area contributed by atoms with E-state index < -0.39 is 0 Å². The van der Waals surface area contributed by atoms with E-state index in [-0.39, 0.29) is 5.63 Å². The number of piperidine rings is 1. The van der Waals surface area contributed by atoms with Gasteiger partial charge < -0.3 is 4.42 Å². The van der Waals surface area contributed by atoms with Gasteiger partial charge >= 0.3 is 5.63 Å². The fourth-order valence-corrected chi connectivity index (χ4v) is 4.10. The number of likely N-dealkylation sites (tertiary alicyclic amines) is 1. The zero-order valence-corrected chi connectivity index (χ0v) is 13.2. The predicted octanol–water partition coefficient (Wildman–Crippen LogP) is 3.51. The minimum Gasteiger partial charge on any atom is -0.423 e. The number of benzene rings is 1. The van der Waals surface area contributed by atoms with Gasteiger partial charge in [-0.2, -0.15) is 0 Å². The lowest BCUT2D eigenvalue weighted by Gasteiger charge is -2.31. The van der Waals surface area contributed by atoms with Gasteiger partial charge in [-0.1, -0.05) is 6.92 Å². The van der Waals surface area contributed by atoms with E-state index in [2.05, 4.69) is 24.0 Å². The minimum atomic E-state index is -0.217. The van der Waals surface area contributed by atoms with Crippen molar-refractivity contribution in [2.24, 2.45) is 5.92 Å². The molecule has 1 aromatic carbocycles. The van der Waals surface area contributed by atoms with Crippen molar-refractivity contribution in [2.45, 2.75) is 45.6 Å². The zero-order valence-electron chi connectivity index (χ0n) is 13.2. The first-order chi connectivity index (χ1) is 10.7. The van der Waals surface area contributed by atoms with E-state index in [9.17, 15) is 4.79 Å². The normalized spacial score (nSPS) is 22.1. The maximum atomic E-state index is 11.9. The summed E-state index contributed by atoms with van der Waals surface area (Å²) in [6, 6.07) is 6.06. The third-order valence-corrected chi connectivity index (χ3v) is 5.18. The van der Waals surface area contributed by atoms with Crippen molar-refractivity contribution in [1.29, 1.82) is 0 Å². The number of hydrogen-bond acceptors (Lipinski definition) is 3. The molecule has 1 aliphatic heterocycles. The summed E-state index contributed by atoms with van der Waals surface area (Å²) in [7, 11) is 0. The first-order valence-electron chi connectivity index (χ1n) is 8.50. The van der Waals surface area contributed by atoms with Crippen LogP contribution < -0.4 is 5.63 Å². The molecule has 22 heavy (non-hydrogen) atoms. The molecule has 0 radical (unpaired) electrons. The molecule has 1 aliphatic carbocycles. The largest absolute Gasteiger partial charge is 0.423 e. The van der Waals surface area contributed by atoms with Gasteiger partial charge in [-0.25, -0.2) is 4.79 Å². The maximum Gasteiger partial charge on any atom is 0.336 e. The van der Waals surface area contributed by atoms with Crippen molar-refractivity contribution in [3.8, 4) is 0 Å². The van der Waals surface area contributed by atoms with Crippen LogP contribution in [0.5, 0.6) is 0 Å². The molecule has 0 N–H and O–H groups in total. The van der Waals surface area contributed by atoms with Gasteiger partial charge in [0.25, 0.3) is 0 Å². The topological polar surface area (TPSA) is 33.5 Å². The molecule has 2 heterocycles. The maximum absolute atomic E-state index is 11.9. The molecule has 1 fully saturated rings. The lowest BCUT2D eigenvalue weighted by molar-refractivity contribution is 0.177. The van der Waals surface area contributed by atoms with E-state index in [4.69, 9.17) is 4.42 Å². The van der Waals surface area contributed by atoms with Crippen molar-refractivity contribution >= 4 is 11.0 Å². The van der Waals surface area contributed by atoms with E-state index >= 15 is 0 Å². The summed E-state index contributed by atoms with van der Waals surface area (Å²) in [5.41, 5.74) is 4.49. The Labute approximate surface area is 130 Å². The van der Waals surface area contributed by atoms with Gasteiger partial charge in [-0.05, 0) is 73.4 Å². The summed E-state index contributed by atoms with van der Waals surface area (Å²) >= 11 is 0. The Morgan fingerprint density at radius 1 is 1.18 bits per heavy atom. The quantitative estimate of drug-likeness (QED) is 0.795. The van der Waals surface area contributed by atoms with Crippen molar-refractivity contribution in [3.05, 3.63) is 45.3 Å². The average Bonchev–Trinajstić information content (AvgIpc) is 2.92. The molecule has 2 aromatic rings. The molecular formula is C19H23NO2. The van der Waals surface area contributed by atoms with Crippen LogP contribution in [0, 0.1) is 5.92 Å². The molecule has 3 nitrogen and oxygen atoms in total. The van der Waals surface area contributed by atoms with E-state index in [0.717, 1.165) is 54.9 Å². The summed E-state index contributed by atoms with van der Waals surface area (Å²) in [5.74, 6) is 0.754. The second-order valence-electron chi connectivity index (χ2n) is 7.04. The molecular weight excluding hydrogens is 274 g/mol. The van der Waals surface area contributed by atoms with Gasteiger partial charge in [0.1, 0.15) is 5.58 Å². The highest BCUT2D eigenvalue weighted by Gasteiger charge is 2.19. The Bertz CT molecular complexity index is 762. The van der Waals surface area contributed by atoms with E-state index in [1.165, 1.54) is 30.4 Å². The van der Waals surface area contributed by atoms with Crippen LogP contribution in [0.3, 0.4) is 0 Å². The smallest absolute Gasteiger partial charge is 0.336 e. The van der Waals surface area contributed by atoms with Crippen LogP contribution in [-0.2, 0) is 19.4 Å². The van der Waals surface area contributed by atoms with Gasteiger partial charge in [-0.3, -0.25) is 4.90 Å². The third-order valence-electron chi connectivity index (χ3n) is 5.18. The minimum absolute atomic E-state index is 0.217. The molecule has 0 amide bonds. The lowest BCUT2D eigenvalue weighted by Crippen LogP contribution is -2.34. The number of nitrogens with zero attached hydrogens (tertiary/aromatic N) is 1. The average molecular weight is 297 g/mol. The standard InChI is InChI=1S/C19H23NO2/c1-13-4-3-7-20(11-13)12-16-10-19(21)22-18-9-15-6-2-5-14(15)8-17(16)18/h8-10,13H,2-7,11-12H2,1H3. The molecule has 3 heteroatoms. The SMILES string of the molecule is CC1CCCN(Cc2cc(=O)oc3cc4c(cc23)CCC4)C1. The Morgan fingerprint density at radius 3 is 2.82 bits per heavy atom. The Kier molecular flexibility index (Phi) is 3.53. The summed E-state index contributed by atoms with van der Waals surface area (Å²) in [5, 5.41) is 1.14. The summed E-state index contributed by atoms with van der Waals surface area (Å²) in [6.45, 7) is 5.45. The molecule has 0 bridgehead atoms. The van der Waals surface area contributed by atoms with Crippen molar-refractivity contribution in [1.82, 2.24) is 4.90 Å². The van der Waals surface area contributed by atoms with Gasteiger partial charge in [0.2, 0.25) is 0 Å². The third kappa shape index (κ3) is 2.58. The summed E-state index contributed by atoms with van der Waals surface area (Å²) < 4.78 is 5.46. The summed E-state index contributed by atoms with van der Waals surface area (Å²) in [4.78, 5) is 14.4. The molecule has 0 saturated carbocycles. The highest BCUT2D eigenvalue weighted by Crippen LogP contribution is 2.29. The second-order valence-corrected chi connectivity index (χ2v) is 7.04. The van der Waals surface area contributed by atoms with E-state index in [1.54, 1.807) is 6.07 Å². The van der Waals surface area contributed by atoms with Crippen molar-refractivity contribution in [3.63, 3.8) is 0 Å². The van der Waals surface area contributed by atoms with E-state index in [1.807, 2.05) is 0 Å². The molecule has 0 spiro atoms. The predicted molar refractivity (Wildman–Crippen MR) is 88.2 cm³/mol. The molecule has 1 atom stereocenters. The Morgan fingerprint density at radius 2 is 2.00 bits per heavy atom. The highest BCUT2D eigenvalue weighted by atomic mass is 16.4. The number of rotatable bonds is 2. The Balaban J connectivity index is 1.74. The van der Waals surface area contributed by atoms with Crippen LogP contribution in [0.25, 0.3) is 11.0 Å². The van der Waals surface area contributed by atoms with Crippen LogP contribution in [0.4, 0.5) is 0 Å².